The molecule has 0 aliphatic carbocycles. The molecule has 0 spiro atoms. The summed E-state index contributed by atoms with van der Waals surface area (Å²) in [7, 11) is 0. The third kappa shape index (κ3) is 16.3. The smallest absolute Gasteiger partial charge is 1.00 e. The zero-order valence-electron chi connectivity index (χ0n) is 8.03. The topological polar surface area (TPSA) is 74.6 Å². The first-order chi connectivity index (χ1) is 3.63. The van der Waals surface area contributed by atoms with Gasteiger partial charge in [-0.3, -0.25) is 4.79 Å². The third-order valence-corrected chi connectivity index (χ3v) is 1.04. The van der Waals surface area contributed by atoms with Gasteiger partial charge in [0.25, 0.3) is 0 Å². The summed E-state index contributed by atoms with van der Waals surface area (Å²) in [6.45, 7) is 0. The molecule has 0 aromatic heterocycles. The first-order valence-electron chi connectivity index (χ1n) is 1.92. The summed E-state index contributed by atoms with van der Waals surface area (Å²) >= 11 is -1.97. The monoisotopic (exact) mass is 186 g/mol. The molecule has 0 amide bonds. The van der Waals surface area contributed by atoms with E-state index in [1.54, 1.807) is 0 Å². The van der Waals surface area contributed by atoms with Crippen molar-refractivity contribution in [3.8, 4) is 0 Å². The van der Waals surface area contributed by atoms with Crippen molar-refractivity contribution >= 4 is 17.0 Å². The van der Waals surface area contributed by atoms with Crippen molar-refractivity contribution in [3.63, 3.8) is 0 Å². The van der Waals surface area contributed by atoms with Crippen molar-refractivity contribution in [1.29, 1.82) is 0 Å². The van der Waals surface area contributed by atoms with E-state index in [0.29, 0.717) is 0 Å². The molecule has 0 aliphatic heterocycles. The summed E-state index contributed by atoms with van der Waals surface area (Å²) < 4.78 is 17.8. The normalized spacial score (nSPS) is 10.5. The van der Waals surface area contributed by atoms with Gasteiger partial charge in [-0.25, -0.2) is 4.21 Å². The molecular formula is C3H8Na2O4S. The molecule has 0 aromatic carbocycles. The molecule has 10 heavy (non-hydrogen) atoms. The van der Waals surface area contributed by atoms with Crippen molar-refractivity contribution in [1.82, 2.24) is 0 Å². The van der Waals surface area contributed by atoms with Crippen molar-refractivity contribution in [2.75, 3.05) is 5.75 Å². The molecule has 7 heteroatoms. The van der Waals surface area contributed by atoms with Gasteiger partial charge in [0, 0.05) is 0 Å². The van der Waals surface area contributed by atoms with E-state index in [4.69, 9.17) is 9.66 Å². The van der Waals surface area contributed by atoms with E-state index in [9.17, 15) is 9.00 Å². The molecule has 0 bridgehead atoms. The van der Waals surface area contributed by atoms with Crippen LogP contribution in [0.1, 0.15) is 9.27 Å². The predicted octanol–water partition coefficient (Wildman–Crippen LogP) is -6.08. The zero-order chi connectivity index (χ0) is 6.57. The molecule has 4 nitrogen and oxygen atoms in total. The molecule has 0 saturated heterocycles. The van der Waals surface area contributed by atoms with Crippen LogP contribution in [0.15, 0.2) is 0 Å². The Morgan fingerprint density at radius 2 is 1.90 bits per heavy atom. The minimum absolute atomic E-state index is 0. The minimum atomic E-state index is -1.97. The number of rotatable bonds is 3. The molecule has 2 N–H and O–H groups in total. The molecule has 0 saturated carbocycles. The molecule has 0 aliphatic rings. The van der Waals surface area contributed by atoms with Crippen LogP contribution in [-0.4, -0.2) is 25.6 Å². The Kier molecular flexibility index (Phi) is 18.6. The second kappa shape index (κ2) is 10.6. The standard InChI is InChI=1S/C3H6O4S.2Na.2H/c4-3(5)1-2-8(6)7;;;;/h1-2H2,(H,4,5)(H,6,7);;;;/q;2*+1;2*-1. The maximum absolute atomic E-state index is 9.75. The Balaban J connectivity index is -0.0000000408. The van der Waals surface area contributed by atoms with Gasteiger partial charge in [-0.2, -0.15) is 0 Å². The van der Waals surface area contributed by atoms with E-state index >= 15 is 0 Å². The van der Waals surface area contributed by atoms with Gasteiger partial charge in [0.2, 0.25) is 0 Å². The summed E-state index contributed by atoms with van der Waals surface area (Å²) in [5.41, 5.74) is 0. The second-order valence-electron chi connectivity index (χ2n) is 1.17. The molecule has 0 rings (SSSR count). The third-order valence-electron chi connectivity index (χ3n) is 0.491. The Morgan fingerprint density at radius 3 is 2.00 bits per heavy atom. The van der Waals surface area contributed by atoms with Crippen molar-refractivity contribution in [3.05, 3.63) is 0 Å². The summed E-state index contributed by atoms with van der Waals surface area (Å²) in [6, 6.07) is 0. The molecule has 52 valence electrons. The number of hydrogen-bond donors (Lipinski definition) is 2. The van der Waals surface area contributed by atoms with E-state index in [1.807, 2.05) is 0 Å². The van der Waals surface area contributed by atoms with Crippen LogP contribution < -0.4 is 59.1 Å². The van der Waals surface area contributed by atoms with E-state index in [-0.39, 0.29) is 74.1 Å². The van der Waals surface area contributed by atoms with E-state index in [1.165, 1.54) is 0 Å². The first-order valence-corrected chi connectivity index (χ1v) is 3.20. The van der Waals surface area contributed by atoms with Crippen LogP contribution in [0.3, 0.4) is 0 Å². The van der Waals surface area contributed by atoms with Gasteiger partial charge in [0.1, 0.15) is 0 Å². The first kappa shape index (κ1) is 17.6. The van der Waals surface area contributed by atoms with Gasteiger partial charge in [-0.15, -0.1) is 0 Å². The average molecular weight is 186 g/mol. The van der Waals surface area contributed by atoms with Crippen molar-refractivity contribution in [2.45, 2.75) is 6.42 Å². The summed E-state index contributed by atoms with van der Waals surface area (Å²) in [5.74, 6) is -1.23. The van der Waals surface area contributed by atoms with Crippen LogP contribution in [0.4, 0.5) is 0 Å². The fourth-order valence-electron chi connectivity index (χ4n) is 0.175. The Labute approximate surface area is 109 Å². The summed E-state index contributed by atoms with van der Waals surface area (Å²) in [6.07, 6.45) is -0.247. The van der Waals surface area contributed by atoms with Crippen molar-refractivity contribution in [2.24, 2.45) is 0 Å². The van der Waals surface area contributed by atoms with Gasteiger partial charge in [0.05, 0.1) is 12.2 Å². The molecule has 0 fully saturated rings. The predicted molar refractivity (Wildman–Crippen MR) is 30.1 cm³/mol. The molecule has 1 atom stereocenters. The average Bonchev–Trinajstić information content (AvgIpc) is 1.61. The Bertz CT molecular complexity index is 111. The summed E-state index contributed by atoms with van der Waals surface area (Å²) in [5, 5.41) is 7.92. The fourth-order valence-corrected chi connectivity index (χ4v) is 0.524. The van der Waals surface area contributed by atoms with E-state index in [2.05, 4.69) is 0 Å². The Morgan fingerprint density at radius 1 is 1.50 bits per heavy atom. The minimum Gasteiger partial charge on any atom is -1.00 e. The SMILES string of the molecule is O=C(O)CCS(=O)O.[H-].[H-].[Na+].[Na+]. The maximum atomic E-state index is 9.75. The second-order valence-corrected chi connectivity index (χ2v) is 2.22. The molecular weight excluding hydrogens is 178 g/mol. The summed E-state index contributed by atoms with van der Waals surface area (Å²) in [4.78, 5) is 9.66. The number of carboxylic acid groups (broad SMARTS) is 1. The van der Waals surface area contributed by atoms with Gasteiger partial charge in [-0.05, 0) is 0 Å². The van der Waals surface area contributed by atoms with Crippen LogP contribution in [0.25, 0.3) is 0 Å². The maximum Gasteiger partial charge on any atom is 1.00 e. The van der Waals surface area contributed by atoms with Crippen LogP contribution in [-0.2, 0) is 15.9 Å². The van der Waals surface area contributed by atoms with Crippen LogP contribution in [0.5, 0.6) is 0 Å². The number of carboxylic acids is 1. The molecule has 0 radical (unpaired) electrons. The van der Waals surface area contributed by atoms with Gasteiger partial charge in [0.15, 0.2) is 11.1 Å². The Hall–Kier alpha value is 1.58. The van der Waals surface area contributed by atoms with Crippen LogP contribution in [0.2, 0.25) is 0 Å². The zero-order valence-corrected chi connectivity index (χ0v) is 10.8. The quantitative estimate of drug-likeness (QED) is 0.340. The number of carbonyl (C=O) groups is 1. The fraction of sp³-hybridized carbons (Fsp3) is 0.667. The van der Waals surface area contributed by atoms with Crippen molar-refractivity contribution < 1.29 is 80.6 Å². The number of aliphatic carboxylic acids is 1. The van der Waals surface area contributed by atoms with Gasteiger partial charge >= 0.3 is 65.1 Å². The number of hydrogen-bond acceptors (Lipinski definition) is 2. The molecule has 0 aromatic rings. The van der Waals surface area contributed by atoms with Crippen LogP contribution in [0, 0.1) is 0 Å². The molecule has 1 unspecified atom stereocenters. The van der Waals surface area contributed by atoms with Gasteiger partial charge in [-0.1, -0.05) is 0 Å². The van der Waals surface area contributed by atoms with Gasteiger partial charge < -0.3 is 12.5 Å². The van der Waals surface area contributed by atoms with E-state index in [0.717, 1.165) is 0 Å². The largest absolute Gasteiger partial charge is 1.00 e. The van der Waals surface area contributed by atoms with Crippen LogP contribution >= 0.6 is 0 Å². The van der Waals surface area contributed by atoms with E-state index < -0.39 is 17.0 Å². The molecule has 0 heterocycles.